The molecule has 6 nitrogen and oxygen atoms in total. The zero-order chi connectivity index (χ0) is 15.4. The third-order valence-electron chi connectivity index (χ3n) is 3.10. The minimum atomic E-state index is -0.863. The van der Waals surface area contributed by atoms with Gasteiger partial charge in [-0.3, -0.25) is 14.9 Å². The lowest BCUT2D eigenvalue weighted by Gasteiger charge is -2.26. The monoisotopic (exact) mass is 344 g/mol. The SMILES string of the molecule is CCN(CC(C)C(=O)O)c1cc(C)c([N+](=O)[O-])cc1Br. The number of halogens is 1. The van der Waals surface area contributed by atoms with Crippen LogP contribution in [0.5, 0.6) is 0 Å². The van der Waals surface area contributed by atoms with Crippen LogP contribution in [0.25, 0.3) is 0 Å². The molecule has 0 heterocycles. The van der Waals surface area contributed by atoms with Crippen LogP contribution in [0.3, 0.4) is 0 Å². The normalized spacial score (nSPS) is 12.0. The molecule has 1 atom stereocenters. The van der Waals surface area contributed by atoms with Gasteiger partial charge in [0, 0.05) is 29.2 Å². The second-order valence-corrected chi connectivity index (χ2v) is 5.48. The fourth-order valence-electron chi connectivity index (χ4n) is 1.90. The first-order valence-electron chi connectivity index (χ1n) is 6.20. The number of carboxylic acids is 1. The predicted molar refractivity (Wildman–Crippen MR) is 80.2 cm³/mol. The lowest BCUT2D eigenvalue weighted by atomic mass is 10.1. The highest BCUT2D eigenvalue weighted by atomic mass is 79.9. The van der Waals surface area contributed by atoms with E-state index in [1.54, 1.807) is 19.9 Å². The summed E-state index contributed by atoms with van der Waals surface area (Å²) in [7, 11) is 0. The Labute approximate surface area is 125 Å². The van der Waals surface area contributed by atoms with Crippen LogP contribution in [0.15, 0.2) is 16.6 Å². The zero-order valence-corrected chi connectivity index (χ0v) is 13.2. The third kappa shape index (κ3) is 3.69. The van der Waals surface area contributed by atoms with Crippen molar-refractivity contribution in [3.63, 3.8) is 0 Å². The van der Waals surface area contributed by atoms with Crippen LogP contribution >= 0.6 is 15.9 Å². The molecule has 0 aliphatic carbocycles. The number of nitrogens with zero attached hydrogens (tertiary/aromatic N) is 2. The Hall–Kier alpha value is -1.63. The van der Waals surface area contributed by atoms with Crippen molar-refractivity contribution in [2.24, 2.45) is 5.92 Å². The number of nitro benzene ring substituents is 1. The molecule has 0 aliphatic heterocycles. The van der Waals surface area contributed by atoms with Gasteiger partial charge in [-0.15, -0.1) is 0 Å². The maximum absolute atomic E-state index is 10.9. The number of benzene rings is 1. The van der Waals surface area contributed by atoms with E-state index in [0.717, 1.165) is 5.69 Å². The van der Waals surface area contributed by atoms with Gasteiger partial charge in [0.2, 0.25) is 0 Å². The Morgan fingerprint density at radius 2 is 2.15 bits per heavy atom. The number of aliphatic carboxylic acids is 1. The lowest BCUT2D eigenvalue weighted by Crippen LogP contribution is -2.32. The van der Waals surface area contributed by atoms with Crippen molar-refractivity contribution in [1.29, 1.82) is 0 Å². The second kappa shape index (κ2) is 6.69. The van der Waals surface area contributed by atoms with Crippen LogP contribution in [-0.4, -0.2) is 29.1 Å². The molecule has 20 heavy (non-hydrogen) atoms. The molecule has 1 aromatic carbocycles. The first-order valence-corrected chi connectivity index (χ1v) is 6.99. The fourth-order valence-corrected chi connectivity index (χ4v) is 2.48. The Kier molecular flexibility index (Phi) is 5.50. The number of nitro groups is 1. The molecule has 0 saturated carbocycles. The second-order valence-electron chi connectivity index (χ2n) is 4.63. The van der Waals surface area contributed by atoms with Crippen molar-refractivity contribution in [3.05, 3.63) is 32.3 Å². The summed E-state index contributed by atoms with van der Waals surface area (Å²) < 4.78 is 0.592. The fraction of sp³-hybridized carbons (Fsp3) is 0.462. The van der Waals surface area contributed by atoms with E-state index in [4.69, 9.17) is 5.11 Å². The van der Waals surface area contributed by atoms with Gasteiger partial charge in [-0.25, -0.2) is 0 Å². The van der Waals surface area contributed by atoms with Gasteiger partial charge in [0.15, 0.2) is 0 Å². The summed E-state index contributed by atoms with van der Waals surface area (Å²) in [6.45, 7) is 6.19. The quantitative estimate of drug-likeness (QED) is 0.632. The summed E-state index contributed by atoms with van der Waals surface area (Å²) in [6.07, 6.45) is 0. The molecule has 1 aromatic rings. The van der Waals surface area contributed by atoms with E-state index in [2.05, 4.69) is 15.9 Å². The molecular weight excluding hydrogens is 328 g/mol. The number of carbonyl (C=O) groups is 1. The van der Waals surface area contributed by atoms with E-state index in [-0.39, 0.29) is 5.69 Å². The van der Waals surface area contributed by atoms with Crippen molar-refractivity contribution in [2.75, 3.05) is 18.0 Å². The largest absolute Gasteiger partial charge is 0.481 e. The molecule has 0 amide bonds. The molecule has 0 bridgehead atoms. The van der Waals surface area contributed by atoms with E-state index >= 15 is 0 Å². The molecule has 7 heteroatoms. The standard InChI is InChI=1S/C13H17BrN2O4/c1-4-15(7-9(3)13(17)18)12-5-8(2)11(16(19)20)6-10(12)14/h5-6,9H,4,7H2,1-3H3,(H,17,18). The predicted octanol–water partition coefficient (Wildman–Crippen LogP) is 3.21. The average Bonchev–Trinajstić information content (AvgIpc) is 2.37. The van der Waals surface area contributed by atoms with Gasteiger partial charge < -0.3 is 10.0 Å². The van der Waals surface area contributed by atoms with Crippen LogP contribution in [0.2, 0.25) is 0 Å². The van der Waals surface area contributed by atoms with Crippen LogP contribution < -0.4 is 4.90 Å². The van der Waals surface area contributed by atoms with Crippen LogP contribution in [0, 0.1) is 23.0 Å². The summed E-state index contributed by atoms with van der Waals surface area (Å²) in [5, 5.41) is 19.9. The van der Waals surface area contributed by atoms with Crippen LogP contribution in [-0.2, 0) is 4.79 Å². The number of anilines is 1. The van der Waals surface area contributed by atoms with E-state index in [1.807, 2.05) is 11.8 Å². The first-order chi connectivity index (χ1) is 9.27. The topological polar surface area (TPSA) is 83.7 Å². The Balaban J connectivity index is 3.13. The van der Waals surface area contributed by atoms with Crippen molar-refractivity contribution < 1.29 is 14.8 Å². The summed E-state index contributed by atoms with van der Waals surface area (Å²) in [4.78, 5) is 23.3. The molecule has 1 N–H and O–H groups in total. The maximum atomic E-state index is 10.9. The minimum Gasteiger partial charge on any atom is -0.481 e. The van der Waals surface area contributed by atoms with Crippen LogP contribution in [0.4, 0.5) is 11.4 Å². The molecule has 0 aliphatic rings. The number of hydrogen-bond donors (Lipinski definition) is 1. The molecule has 0 spiro atoms. The van der Waals surface area contributed by atoms with E-state index in [9.17, 15) is 14.9 Å². The molecule has 0 radical (unpaired) electrons. The molecule has 0 aromatic heterocycles. The number of aryl methyl sites for hydroxylation is 1. The molecule has 1 rings (SSSR count). The van der Waals surface area contributed by atoms with E-state index in [0.29, 0.717) is 23.1 Å². The van der Waals surface area contributed by atoms with Gasteiger partial charge in [0.1, 0.15) is 0 Å². The van der Waals surface area contributed by atoms with E-state index < -0.39 is 16.8 Å². The third-order valence-corrected chi connectivity index (χ3v) is 3.74. The first kappa shape index (κ1) is 16.4. The van der Waals surface area contributed by atoms with Crippen molar-refractivity contribution in [1.82, 2.24) is 0 Å². The minimum absolute atomic E-state index is 0.0444. The van der Waals surface area contributed by atoms with Crippen molar-refractivity contribution >= 4 is 33.3 Å². The van der Waals surface area contributed by atoms with Gasteiger partial charge in [0.05, 0.1) is 16.5 Å². The van der Waals surface area contributed by atoms with Crippen molar-refractivity contribution in [3.8, 4) is 0 Å². The number of carboxylic acid groups (broad SMARTS) is 1. The summed E-state index contributed by atoms with van der Waals surface area (Å²) in [5.41, 5.74) is 1.36. The molecule has 0 fully saturated rings. The van der Waals surface area contributed by atoms with Gasteiger partial charge in [-0.2, -0.15) is 0 Å². The molecule has 1 unspecified atom stereocenters. The average molecular weight is 345 g/mol. The summed E-state index contributed by atoms with van der Waals surface area (Å²) in [5.74, 6) is -1.38. The molecule has 0 saturated heterocycles. The highest BCUT2D eigenvalue weighted by Gasteiger charge is 2.20. The number of hydrogen-bond acceptors (Lipinski definition) is 4. The Morgan fingerprint density at radius 1 is 1.55 bits per heavy atom. The smallest absolute Gasteiger partial charge is 0.308 e. The van der Waals surface area contributed by atoms with E-state index in [1.165, 1.54) is 6.07 Å². The van der Waals surface area contributed by atoms with Gasteiger partial charge in [0.25, 0.3) is 5.69 Å². The van der Waals surface area contributed by atoms with Gasteiger partial charge in [-0.05, 0) is 35.8 Å². The number of rotatable bonds is 6. The molecular formula is C13H17BrN2O4. The zero-order valence-electron chi connectivity index (χ0n) is 11.6. The maximum Gasteiger partial charge on any atom is 0.308 e. The summed E-state index contributed by atoms with van der Waals surface area (Å²) in [6, 6.07) is 3.17. The van der Waals surface area contributed by atoms with Crippen LogP contribution in [0.1, 0.15) is 19.4 Å². The highest BCUT2D eigenvalue weighted by molar-refractivity contribution is 9.10. The lowest BCUT2D eigenvalue weighted by molar-refractivity contribution is -0.385. The molecule has 110 valence electrons. The summed E-state index contributed by atoms with van der Waals surface area (Å²) >= 11 is 3.32. The Bertz CT molecular complexity index is 533. The highest BCUT2D eigenvalue weighted by Crippen LogP contribution is 2.33. The Morgan fingerprint density at radius 3 is 2.60 bits per heavy atom. The van der Waals surface area contributed by atoms with Gasteiger partial charge >= 0.3 is 5.97 Å². The van der Waals surface area contributed by atoms with Gasteiger partial charge in [-0.1, -0.05) is 6.92 Å². The van der Waals surface area contributed by atoms with Crippen molar-refractivity contribution in [2.45, 2.75) is 20.8 Å².